The first-order chi connectivity index (χ1) is 11.8. The van der Waals surface area contributed by atoms with Crippen LogP contribution >= 0.6 is 0 Å². The highest BCUT2D eigenvalue weighted by Gasteiger charge is 2.00. The third-order valence-corrected chi connectivity index (χ3v) is 3.35. The minimum atomic E-state index is 0.0522. The number of nitriles is 1. The third-order valence-electron chi connectivity index (χ3n) is 3.35. The Balaban J connectivity index is 1.78. The predicted molar refractivity (Wildman–Crippen MR) is 91.5 cm³/mol. The van der Waals surface area contributed by atoms with Gasteiger partial charge >= 0.3 is 0 Å². The van der Waals surface area contributed by atoms with Gasteiger partial charge in [-0.25, -0.2) is 0 Å². The summed E-state index contributed by atoms with van der Waals surface area (Å²) in [6.07, 6.45) is 0. The van der Waals surface area contributed by atoms with Gasteiger partial charge in [-0.3, -0.25) is 0 Å². The average molecular weight is 326 g/mol. The number of aliphatic hydroxyl groups excluding tert-OH is 1. The lowest BCUT2D eigenvalue weighted by Crippen LogP contribution is -2.20. The Labute approximate surface area is 142 Å². The van der Waals surface area contributed by atoms with Crippen LogP contribution < -0.4 is 10.1 Å². The molecule has 0 spiro atoms. The standard InChI is InChI=1S/C19H22N2O3/c20-13-16-3-1-5-18(11-16)15-24-19-6-2-4-17(12-19)14-21-7-9-23-10-8-22/h1-6,11-12,21-22H,7-10,14-15H2. The number of nitrogens with zero attached hydrogens (tertiary/aromatic N) is 1. The van der Waals surface area contributed by atoms with Crippen LogP contribution in [0.4, 0.5) is 0 Å². The van der Waals surface area contributed by atoms with Crippen LogP contribution in [-0.4, -0.2) is 31.5 Å². The van der Waals surface area contributed by atoms with Gasteiger partial charge in [0, 0.05) is 13.1 Å². The van der Waals surface area contributed by atoms with E-state index >= 15 is 0 Å². The summed E-state index contributed by atoms with van der Waals surface area (Å²) in [5.41, 5.74) is 2.73. The van der Waals surface area contributed by atoms with Crippen molar-refractivity contribution in [2.45, 2.75) is 13.2 Å². The minimum absolute atomic E-state index is 0.0522. The lowest BCUT2D eigenvalue weighted by Gasteiger charge is -2.09. The lowest BCUT2D eigenvalue weighted by molar-refractivity contribution is 0.0938. The number of ether oxygens (including phenoxy) is 2. The third kappa shape index (κ3) is 6.39. The topological polar surface area (TPSA) is 74.5 Å². The molecule has 2 N–H and O–H groups in total. The average Bonchev–Trinajstić information content (AvgIpc) is 2.63. The summed E-state index contributed by atoms with van der Waals surface area (Å²) >= 11 is 0. The molecule has 2 aromatic rings. The molecule has 0 aliphatic heterocycles. The van der Waals surface area contributed by atoms with Gasteiger partial charge in [-0.2, -0.15) is 5.26 Å². The molecule has 0 amide bonds. The zero-order valence-electron chi connectivity index (χ0n) is 13.6. The predicted octanol–water partition coefficient (Wildman–Crippen LogP) is 2.24. The molecule has 0 aliphatic rings. The minimum Gasteiger partial charge on any atom is -0.489 e. The van der Waals surface area contributed by atoms with Crippen LogP contribution in [0.5, 0.6) is 5.75 Å². The fourth-order valence-electron chi connectivity index (χ4n) is 2.19. The molecule has 0 heterocycles. The number of rotatable bonds is 10. The van der Waals surface area contributed by atoms with E-state index in [0.717, 1.165) is 30.0 Å². The maximum Gasteiger partial charge on any atom is 0.120 e. The Hall–Kier alpha value is -2.39. The zero-order chi connectivity index (χ0) is 17.0. The van der Waals surface area contributed by atoms with Crippen LogP contribution in [0.3, 0.4) is 0 Å². The van der Waals surface area contributed by atoms with Crippen molar-refractivity contribution in [2.24, 2.45) is 0 Å². The van der Waals surface area contributed by atoms with Gasteiger partial charge in [0.2, 0.25) is 0 Å². The first kappa shape index (κ1) is 18.0. The maximum atomic E-state index is 8.92. The molecule has 5 nitrogen and oxygen atoms in total. The highest BCUT2D eigenvalue weighted by atomic mass is 16.5. The van der Waals surface area contributed by atoms with E-state index in [9.17, 15) is 0 Å². The zero-order valence-corrected chi connectivity index (χ0v) is 13.6. The van der Waals surface area contributed by atoms with Gasteiger partial charge in [0.15, 0.2) is 0 Å². The molecule has 0 saturated heterocycles. The van der Waals surface area contributed by atoms with Gasteiger partial charge in [0.1, 0.15) is 12.4 Å². The monoisotopic (exact) mass is 326 g/mol. The molecule has 0 aliphatic carbocycles. The Bertz CT molecular complexity index is 668. The first-order valence-electron chi connectivity index (χ1n) is 7.92. The summed E-state index contributed by atoms with van der Waals surface area (Å²) in [6, 6.07) is 17.4. The molecular weight excluding hydrogens is 304 g/mol. The molecule has 0 unspecified atom stereocenters. The lowest BCUT2D eigenvalue weighted by atomic mass is 10.1. The van der Waals surface area contributed by atoms with E-state index in [4.69, 9.17) is 19.8 Å². The molecule has 2 rings (SSSR count). The van der Waals surface area contributed by atoms with Crippen LogP contribution in [-0.2, 0) is 17.9 Å². The van der Waals surface area contributed by atoms with Gasteiger partial charge in [-0.1, -0.05) is 24.3 Å². The molecule has 0 aromatic heterocycles. The molecule has 5 heteroatoms. The molecule has 0 saturated carbocycles. The van der Waals surface area contributed by atoms with E-state index in [1.54, 1.807) is 6.07 Å². The maximum absolute atomic E-state index is 8.92. The van der Waals surface area contributed by atoms with E-state index in [1.807, 2.05) is 42.5 Å². The first-order valence-corrected chi connectivity index (χ1v) is 7.92. The number of nitrogens with one attached hydrogen (secondary N) is 1. The summed E-state index contributed by atoms with van der Waals surface area (Å²) in [6.45, 7) is 2.89. The van der Waals surface area contributed by atoms with Crippen LogP contribution in [0.2, 0.25) is 0 Å². The van der Waals surface area contributed by atoms with E-state index in [1.165, 1.54) is 0 Å². The fourth-order valence-corrected chi connectivity index (χ4v) is 2.19. The van der Waals surface area contributed by atoms with E-state index < -0.39 is 0 Å². The molecular formula is C19H22N2O3. The van der Waals surface area contributed by atoms with E-state index in [-0.39, 0.29) is 6.61 Å². The second-order valence-electron chi connectivity index (χ2n) is 5.26. The molecule has 0 fully saturated rings. The SMILES string of the molecule is N#Cc1cccc(COc2cccc(CNCCOCCO)c2)c1. The van der Waals surface area contributed by atoms with Crippen molar-refractivity contribution in [1.82, 2.24) is 5.32 Å². The van der Waals surface area contributed by atoms with Crippen molar-refractivity contribution in [3.63, 3.8) is 0 Å². The summed E-state index contributed by atoms with van der Waals surface area (Å²) in [5, 5.41) is 20.8. The largest absolute Gasteiger partial charge is 0.489 e. The number of benzene rings is 2. The molecule has 0 atom stereocenters. The van der Waals surface area contributed by atoms with Gasteiger partial charge in [-0.15, -0.1) is 0 Å². The number of hydrogen-bond donors (Lipinski definition) is 2. The Morgan fingerprint density at radius 3 is 2.71 bits per heavy atom. The van der Waals surface area contributed by atoms with Crippen LogP contribution in [0.1, 0.15) is 16.7 Å². The van der Waals surface area contributed by atoms with E-state index in [0.29, 0.717) is 25.4 Å². The summed E-state index contributed by atoms with van der Waals surface area (Å²) in [4.78, 5) is 0. The van der Waals surface area contributed by atoms with Crippen LogP contribution in [0, 0.1) is 11.3 Å². The molecule has 0 radical (unpaired) electrons. The van der Waals surface area contributed by atoms with Gasteiger partial charge in [0.25, 0.3) is 0 Å². The van der Waals surface area contributed by atoms with Crippen LogP contribution in [0.15, 0.2) is 48.5 Å². The summed E-state index contributed by atoms with van der Waals surface area (Å²) in [5.74, 6) is 0.799. The summed E-state index contributed by atoms with van der Waals surface area (Å²) < 4.78 is 11.0. The van der Waals surface area contributed by atoms with Gasteiger partial charge < -0.3 is 19.9 Å². The highest BCUT2D eigenvalue weighted by Crippen LogP contribution is 2.15. The van der Waals surface area contributed by atoms with Gasteiger partial charge in [0.05, 0.1) is 31.5 Å². The van der Waals surface area contributed by atoms with Crippen molar-refractivity contribution in [2.75, 3.05) is 26.4 Å². The normalized spacial score (nSPS) is 10.3. The van der Waals surface area contributed by atoms with E-state index in [2.05, 4.69) is 11.4 Å². The van der Waals surface area contributed by atoms with Crippen LogP contribution in [0.25, 0.3) is 0 Å². The Morgan fingerprint density at radius 2 is 1.88 bits per heavy atom. The number of hydrogen-bond acceptors (Lipinski definition) is 5. The van der Waals surface area contributed by atoms with Crippen molar-refractivity contribution in [1.29, 1.82) is 5.26 Å². The second-order valence-corrected chi connectivity index (χ2v) is 5.26. The molecule has 24 heavy (non-hydrogen) atoms. The molecule has 126 valence electrons. The quantitative estimate of drug-likeness (QED) is 0.655. The van der Waals surface area contributed by atoms with Crippen molar-refractivity contribution >= 4 is 0 Å². The van der Waals surface area contributed by atoms with Crippen molar-refractivity contribution in [3.05, 3.63) is 65.2 Å². The Morgan fingerprint density at radius 1 is 1.04 bits per heavy atom. The second kappa shape index (κ2) is 10.4. The van der Waals surface area contributed by atoms with Crippen molar-refractivity contribution in [3.8, 4) is 11.8 Å². The Kier molecular flexibility index (Phi) is 7.78. The van der Waals surface area contributed by atoms with Crippen molar-refractivity contribution < 1.29 is 14.6 Å². The smallest absolute Gasteiger partial charge is 0.120 e. The fraction of sp³-hybridized carbons (Fsp3) is 0.316. The molecule has 0 bridgehead atoms. The number of aliphatic hydroxyl groups is 1. The van der Waals surface area contributed by atoms with Gasteiger partial charge in [-0.05, 0) is 35.4 Å². The molecule has 2 aromatic carbocycles. The summed E-state index contributed by atoms with van der Waals surface area (Å²) in [7, 11) is 0. The highest BCUT2D eigenvalue weighted by molar-refractivity contribution is 5.33.